The van der Waals surface area contributed by atoms with Gasteiger partial charge in [-0.05, 0) is 75.7 Å². The Morgan fingerprint density at radius 2 is 2.00 bits per heavy atom. The minimum atomic E-state index is 0.0529. The molecule has 2 saturated heterocycles. The highest BCUT2D eigenvalue weighted by atomic mass is 35.5. The van der Waals surface area contributed by atoms with Gasteiger partial charge >= 0.3 is 0 Å². The van der Waals surface area contributed by atoms with Gasteiger partial charge in [-0.1, -0.05) is 29.3 Å². The molecule has 2 aliphatic heterocycles. The Labute approximate surface area is 178 Å². The number of likely N-dealkylation sites (N-methyl/N-ethyl adjacent to an activating group) is 1. The van der Waals surface area contributed by atoms with Gasteiger partial charge in [-0.2, -0.15) is 0 Å². The lowest BCUT2D eigenvalue weighted by molar-refractivity contribution is -0.136. The predicted molar refractivity (Wildman–Crippen MR) is 113 cm³/mol. The molecule has 1 aromatic rings. The number of halogens is 2. The van der Waals surface area contributed by atoms with E-state index in [4.69, 9.17) is 27.9 Å². The number of benzene rings is 1. The van der Waals surface area contributed by atoms with Crippen molar-refractivity contribution in [1.82, 2.24) is 9.80 Å². The maximum absolute atomic E-state index is 13.1. The van der Waals surface area contributed by atoms with E-state index in [2.05, 4.69) is 4.90 Å². The van der Waals surface area contributed by atoms with Crippen LogP contribution in [0.3, 0.4) is 0 Å². The van der Waals surface area contributed by atoms with Gasteiger partial charge in [0.25, 0.3) is 0 Å². The van der Waals surface area contributed by atoms with Crippen LogP contribution in [0, 0.1) is 0 Å². The van der Waals surface area contributed by atoms with Crippen LogP contribution in [0.2, 0.25) is 10.0 Å². The first kappa shape index (κ1) is 20.5. The molecule has 4 rings (SSSR count). The Balaban J connectivity index is 1.48. The summed E-state index contributed by atoms with van der Waals surface area (Å²) in [7, 11) is 1.97. The highest BCUT2D eigenvalue weighted by Crippen LogP contribution is 2.43. The molecule has 28 heavy (non-hydrogen) atoms. The molecule has 0 unspecified atom stereocenters. The number of nitrogens with zero attached hydrogens (tertiary/aromatic N) is 2. The summed E-state index contributed by atoms with van der Waals surface area (Å²) in [6, 6.07) is 6.11. The van der Waals surface area contributed by atoms with Gasteiger partial charge in [0.1, 0.15) is 0 Å². The molecule has 3 aliphatic rings. The summed E-state index contributed by atoms with van der Waals surface area (Å²) in [5, 5.41) is 1.03. The lowest BCUT2D eigenvalue weighted by Crippen LogP contribution is -2.58. The van der Waals surface area contributed by atoms with Crippen molar-refractivity contribution in [1.29, 1.82) is 0 Å². The van der Waals surface area contributed by atoms with Gasteiger partial charge in [-0.15, -0.1) is 0 Å². The molecule has 1 aromatic carbocycles. The fourth-order valence-corrected chi connectivity index (χ4v) is 5.69. The van der Waals surface area contributed by atoms with Gasteiger partial charge in [-0.25, -0.2) is 0 Å². The fourth-order valence-electron chi connectivity index (χ4n) is 5.37. The first-order chi connectivity index (χ1) is 13.5. The molecule has 4 nitrogen and oxygen atoms in total. The minimum Gasteiger partial charge on any atom is -0.375 e. The highest BCUT2D eigenvalue weighted by Gasteiger charge is 2.47. The third-order valence-corrected chi connectivity index (χ3v) is 7.68. The first-order valence-electron chi connectivity index (χ1n) is 10.6. The normalized spacial score (nSPS) is 30.8. The quantitative estimate of drug-likeness (QED) is 0.709. The van der Waals surface area contributed by atoms with Gasteiger partial charge in [0.2, 0.25) is 5.91 Å². The molecule has 3 atom stereocenters. The third-order valence-electron chi connectivity index (χ3n) is 6.95. The largest absolute Gasteiger partial charge is 0.375 e. The van der Waals surface area contributed by atoms with Gasteiger partial charge in [0.15, 0.2) is 0 Å². The summed E-state index contributed by atoms with van der Waals surface area (Å²) in [5.41, 5.74) is 0.965. The average Bonchev–Trinajstić information content (AvgIpc) is 3.37. The summed E-state index contributed by atoms with van der Waals surface area (Å²) in [4.78, 5) is 17.7. The molecule has 2 heterocycles. The molecular formula is C22H30Cl2N2O2. The van der Waals surface area contributed by atoms with E-state index in [9.17, 15) is 4.79 Å². The number of hydrogen-bond donors (Lipinski definition) is 0. The van der Waals surface area contributed by atoms with Crippen molar-refractivity contribution in [2.75, 3.05) is 26.7 Å². The second kappa shape index (κ2) is 8.51. The van der Waals surface area contributed by atoms with Crippen LogP contribution in [0.5, 0.6) is 0 Å². The lowest BCUT2D eigenvalue weighted by Gasteiger charge is -2.48. The van der Waals surface area contributed by atoms with Crippen LogP contribution in [0.15, 0.2) is 18.2 Å². The van der Waals surface area contributed by atoms with Crippen molar-refractivity contribution in [2.24, 2.45) is 0 Å². The second-order valence-electron chi connectivity index (χ2n) is 8.69. The van der Waals surface area contributed by atoms with E-state index in [1.54, 1.807) is 12.1 Å². The number of rotatable bonds is 4. The number of ether oxygens (including phenoxy) is 1. The zero-order valence-corrected chi connectivity index (χ0v) is 18.1. The molecule has 0 bridgehead atoms. The van der Waals surface area contributed by atoms with Crippen molar-refractivity contribution in [3.8, 4) is 0 Å². The van der Waals surface area contributed by atoms with Crippen molar-refractivity contribution < 1.29 is 9.53 Å². The van der Waals surface area contributed by atoms with Crippen molar-refractivity contribution in [3.05, 3.63) is 33.8 Å². The summed E-state index contributed by atoms with van der Waals surface area (Å²) in [5.74, 6) is 0.149. The van der Waals surface area contributed by atoms with Gasteiger partial charge in [0.05, 0.1) is 22.1 Å². The Morgan fingerprint density at radius 1 is 1.21 bits per heavy atom. The second-order valence-corrected chi connectivity index (χ2v) is 9.50. The van der Waals surface area contributed by atoms with E-state index in [0.29, 0.717) is 22.5 Å². The van der Waals surface area contributed by atoms with E-state index >= 15 is 0 Å². The molecule has 0 radical (unpaired) electrons. The number of amides is 1. The number of carbonyl (C=O) groups is 1. The number of likely N-dealkylation sites (tertiary alicyclic amines) is 1. The van der Waals surface area contributed by atoms with Crippen LogP contribution in [0.25, 0.3) is 0 Å². The molecule has 6 heteroatoms. The fraction of sp³-hybridized carbons (Fsp3) is 0.682. The predicted octanol–water partition coefficient (Wildman–Crippen LogP) is 4.56. The SMILES string of the molecule is CN(C(=O)Cc1ccc(Cl)c(Cl)c1)[C@@H]1CC[C@]2(CCCO2)C[C@H]1N1CCCC1. The van der Waals surface area contributed by atoms with Crippen LogP contribution < -0.4 is 0 Å². The molecule has 0 N–H and O–H groups in total. The zero-order valence-electron chi connectivity index (χ0n) is 16.6. The summed E-state index contributed by atoms with van der Waals surface area (Å²) in [6.45, 7) is 3.18. The topological polar surface area (TPSA) is 32.8 Å². The van der Waals surface area contributed by atoms with Crippen LogP contribution in [-0.4, -0.2) is 60.1 Å². The maximum atomic E-state index is 13.1. The first-order valence-corrected chi connectivity index (χ1v) is 11.3. The van der Waals surface area contributed by atoms with E-state index in [1.807, 2.05) is 18.0 Å². The van der Waals surface area contributed by atoms with E-state index in [-0.39, 0.29) is 17.6 Å². The molecule has 1 spiro atoms. The van der Waals surface area contributed by atoms with Crippen LogP contribution in [0.1, 0.15) is 50.5 Å². The Bertz CT molecular complexity index is 714. The third kappa shape index (κ3) is 4.21. The number of carbonyl (C=O) groups excluding carboxylic acids is 1. The van der Waals surface area contributed by atoms with Crippen LogP contribution >= 0.6 is 23.2 Å². The van der Waals surface area contributed by atoms with Crippen LogP contribution in [-0.2, 0) is 16.0 Å². The molecule has 3 fully saturated rings. The van der Waals surface area contributed by atoms with Crippen LogP contribution in [0.4, 0.5) is 0 Å². The van der Waals surface area contributed by atoms with Gasteiger partial charge in [0, 0.05) is 25.7 Å². The monoisotopic (exact) mass is 424 g/mol. The highest BCUT2D eigenvalue weighted by molar-refractivity contribution is 6.42. The summed E-state index contributed by atoms with van der Waals surface area (Å²) < 4.78 is 6.22. The summed E-state index contributed by atoms with van der Waals surface area (Å²) >= 11 is 12.1. The van der Waals surface area contributed by atoms with Gasteiger partial charge in [-0.3, -0.25) is 9.69 Å². The summed E-state index contributed by atoms with van der Waals surface area (Å²) in [6.07, 6.45) is 8.36. The van der Waals surface area contributed by atoms with Gasteiger partial charge < -0.3 is 9.64 Å². The van der Waals surface area contributed by atoms with Crippen molar-refractivity contribution in [2.45, 2.75) is 69.1 Å². The lowest BCUT2D eigenvalue weighted by atomic mass is 9.76. The van der Waals surface area contributed by atoms with Crippen molar-refractivity contribution in [3.63, 3.8) is 0 Å². The minimum absolute atomic E-state index is 0.0529. The zero-order chi connectivity index (χ0) is 19.7. The molecular weight excluding hydrogens is 395 g/mol. The maximum Gasteiger partial charge on any atom is 0.227 e. The average molecular weight is 425 g/mol. The standard InChI is InChI=1S/C22H30Cl2N2O2/c1-25(21(27)14-16-5-6-17(23)18(24)13-16)19-7-9-22(8-4-12-28-22)15-20(19)26-10-2-3-11-26/h5-6,13,19-20H,2-4,7-12,14-15H2,1H3/t19-,20-,22-/m1/s1. The van der Waals surface area contributed by atoms with E-state index in [0.717, 1.165) is 44.5 Å². The Kier molecular flexibility index (Phi) is 6.22. The number of hydrogen-bond acceptors (Lipinski definition) is 3. The molecule has 1 amide bonds. The molecule has 154 valence electrons. The smallest absolute Gasteiger partial charge is 0.227 e. The molecule has 1 saturated carbocycles. The molecule has 1 aliphatic carbocycles. The van der Waals surface area contributed by atoms with Crippen molar-refractivity contribution >= 4 is 29.1 Å². The van der Waals surface area contributed by atoms with E-state index < -0.39 is 0 Å². The van der Waals surface area contributed by atoms with E-state index in [1.165, 1.54) is 25.7 Å². The molecule has 0 aromatic heterocycles. The Morgan fingerprint density at radius 3 is 2.68 bits per heavy atom. The Hall–Kier alpha value is -0.810.